The average molecular weight is 277 g/mol. The van der Waals surface area contributed by atoms with Crippen LogP contribution in [0.3, 0.4) is 0 Å². The van der Waals surface area contributed by atoms with E-state index in [0.717, 1.165) is 18.4 Å². The third kappa shape index (κ3) is 2.28. The fraction of sp³-hybridized carbons (Fsp3) is 0.562. The first-order valence-corrected chi connectivity index (χ1v) is 7.19. The van der Waals surface area contributed by atoms with Crippen LogP contribution in [-0.4, -0.2) is 24.0 Å². The standard InChI is InChI=1S/C16H20FNO2/c1-16(2,12-6-7-12)15(19)18-8-9-20-14-11(10-18)4-3-5-13(14)17/h3-5,12H,6-10H2,1-2H3. The average Bonchev–Trinajstić information content (AvgIpc) is 3.24. The van der Waals surface area contributed by atoms with E-state index in [1.165, 1.54) is 6.07 Å². The zero-order chi connectivity index (χ0) is 14.3. The molecule has 20 heavy (non-hydrogen) atoms. The highest BCUT2D eigenvalue weighted by Crippen LogP contribution is 2.46. The van der Waals surface area contributed by atoms with Crippen LogP contribution in [0.4, 0.5) is 4.39 Å². The lowest BCUT2D eigenvalue weighted by atomic mass is 9.85. The molecular formula is C16H20FNO2. The van der Waals surface area contributed by atoms with Gasteiger partial charge in [0.1, 0.15) is 6.61 Å². The van der Waals surface area contributed by atoms with Gasteiger partial charge in [-0.2, -0.15) is 0 Å². The van der Waals surface area contributed by atoms with E-state index in [9.17, 15) is 9.18 Å². The van der Waals surface area contributed by atoms with Crippen LogP contribution in [0, 0.1) is 17.2 Å². The summed E-state index contributed by atoms with van der Waals surface area (Å²) in [4.78, 5) is 14.5. The van der Waals surface area contributed by atoms with Gasteiger partial charge in [0.05, 0.1) is 6.54 Å². The summed E-state index contributed by atoms with van der Waals surface area (Å²) in [6.07, 6.45) is 2.27. The van der Waals surface area contributed by atoms with Crippen LogP contribution in [-0.2, 0) is 11.3 Å². The highest BCUT2D eigenvalue weighted by atomic mass is 19.1. The fourth-order valence-corrected chi connectivity index (χ4v) is 2.94. The van der Waals surface area contributed by atoms with E-state index in [1.54, 1.807) is 6.07 Å². The first kappa shape index (κ1) is 13.4. The molecule has 1 aromatic carbocycles. The summed E-state index contributed by atoms with van der Waals surface area (Å²) in [5.41, 5.74) is 0.431. The van der Waals surface area contributed by atoms with Gasteiger partial charge < -0.3 is 9.64 Å². The van der Waals surface area contributed by atoms with Gasteiger partial charge in [-0.05, 0) is 24.8 Å². The summed E-state index contributed by atoms with van der Waals surface area (Å²) in [5.74, 6) is 0.595. The monoisotopic (exact) mass is 277 g/mol. The van der Waals surface area contributed by atoms with E-state index in [1.807, 2.05) is 24.8 Å². The molecule has 1 fully saturated rings. The third-order valence-electron chi connectivity index (χ3n) is 4.45. The lowest BCUT2D eigenvalue weighted by Gasteiger charge is -2.31. The van der Waals surface area contributed by atoms with Crippen molar-refractivity contribution in [1.29, 1.82) is 0 Å². The Morgan fingerprint density at radius 1 is 1.40 bits per heavy atom. The van der Waals surface area contributed by atoms with Crippen molar-refractivity contribution in [3.05, 3.63) is 29.6 Å². The minimum absolute atomic E-state index is 0.153. The minimum atomic E-state index is -0.349. The molecule has 0 aromatic heterocycles. The van der Waals surface area contributed by atoms with Gasteiger partial charge in [0, 0.05) is 17.5 Å². The number of ether oxygens (including phenoxy) is 1. The number of benzene rings is 1. The number of carbonyl (C=O) groups excluding carboxylic acids is 1. The number of hydrogen-bond acceptors (Lipinski definition) is 2. The van der Waals surface area contributed by atoms with E-state index in [2.05, 4.69) is 0 Å². The number of nitrogens with zero attached hydrogens (tertiary/aromatic N) is 1. The Bertz CT molecular complexity index is 537. The van der Waals surface area contributed by atoms with Crippen molar-refractivity contribution in [3.8, 4) is 5.75 Å². The van der Waals surface area contributed by atoms with Crippen LogP contribution in [0.2, 0.25) is 0 Å². The quantitative estimate of drug-likeness (QED) is 0.831. The molecule has 0 bridgehead atoms. The summed E-state index contributed by atoms with van der Waals surface area (Å²) in [5, 5.41) is 0. The molecule has 2 aliphatic rings. The Kier molecular flexibility index (Phi) is 3.19. The van der Waals surface area contributed by atoms with E-state index >= 15 is 0 Å². The van der Waals surface area contributed by atoms with Gasteiger partial charge in [0.2, 0.25) is 5.91 Å². The van der Waals surface area contributed by atoms with Crippen LogP contribution >= 0.6 is 0 Å². The summed E-state index contributed by atoms with van der Waals surface area (Å²) in [6, 6.07) is 4.89. The van der Waals surface area contributed by atoms with Crippen LogP contribution in [0.25, 0.3) is 0 Å². The van der Waals surface area contributed by atoms with E-state index in [-0.39, 0.29) is 17.1 Å². The highest BCUT2D eigenvalue weighted by Gasteiger charge is 2.45. The number of hydrogen-bond donors (Lipinski definition) is 0. The van der Waals surface area contributed by atoms with E-state index in [0.29, 0.717) is 31.4 Å². The third-order valence-corrected chi connectivity index (χ3v) is 4.45. The molecule has 3 nitrogen and oxygen atoms in total. The van der Waals surface area contributed by atoms with Crippen LogP contribution < -0.4 is 4.74 Å². The largest absolute Gasteiger partial charge is 0.488 e. The lowest BCUT2D eigenvalue weighted by Crippen LogP contribution is -2.42. The topological polar surface area (TPSA) is 29.5 Å². The molecule has 1 aliphatic carbocycles. The van der Waals surface area contributed by atoms with Crippen LogP contribution in [0.5, 0.6) is 5.75 Å². The van der Waals surface area contributed by atoms with E-state index < -0.39 is 0 Å². The summed E-state index contributed by atoms with van der Waals surface area (Å²) in [7, 11) is 0. The van der Waals surface area contributed by atoms with Gasteiger partial charge >= 0.3 is 0 Å². The van der Waals surface area contributed by atoms with Crippen LogP contribution in [0.15, 0.2) is 18.2 Å². The Hall–Kier alpha value is -1.58. The van der Waals surface area contributed by atoms with Gasteiger partial charge in [0.15, 0.2) is 11.6 Å². The Labute approximate surface area is 118 Å². The number of amides is 1. The maximum absolute atomic E-state index is 13.7. The SMILES string of the molecule is CC(C)(C(=O)N1CCOc2c(F)cccc2C1)C1CC1. The van der Waals surface area contributed by atoms with Crippen molar-refractivity contribution in [2.24, 2.45) is 11.3 Å². The first-order chi connectivity index (χ1) is 9.50. The zero-order valence-electron chi connectivity index (χ0n) is 12.0. The summed E-state index contributed by atoms with van der Waals surface area (Å²) in [6.45, 7) is 5.34. The van der Waals surface area contributed by atoms with Crippen molar-refractivity contribution >= 4 is 5.91 Å². The Morgan fingerprint density at radius 3 is 2.85 bits per heavy atom. The zero-order valence-corrected chi connectivity index (χ0v) is 12.0. The molecule has 0 radical (unpaired) electrons. The van der Waals surface area contributed by atoms with Crippen LogP contribution in [0.1, 0.15) is 32.3 Å². The second-order valence-corrected chi connectivity index (χ2v) is 6.30. The van der Waals surface area contributed by atoms with Gasteiger partial charge in [-0.1, -0.05) is 26.0 Å². The molecule has 0 saturated heterocycles. The van der Waals surface area contributed by atoms with E-state index in [4.69, 9.17) is 4.74 Å². The van der Waals surface area contributed by atoms with Crippen molar-refractivity contribution < 1.29 is 13.9 Å². The maximum Gasteiger partial charge on any atom is 0.228 e. The molecule has 1 saturated carbocycles. The molecule has 0 unspecified atom stereocenters. The molecule has 0 spiro atoms. The second-order valence-electron chi connectivity index (χ2n) is 6.30. The number of fused-ring (bicyclic) bond motifs is 1. The summed E-state index contributed by atoms with van der Waals surface area (Å²) >= 11 is 0. The van der Waals surface area contributed by atoms with Gasteiger partial charge in [-0.25, -0.2) is 4.39 Å². The number of carbonyl (C=O) groups is 1. The molecule has 1 heterocycles. The van der Waals surface area contributed by atoms with Crippen molar-refractivity contribution in [2.45, 2.75) is 33.2 Å². The number of para-hydroxylation sites is 1. The highest BCUT2D eigenvalue weighted by molar-refractivity contribution is 5.82. The van der Waals surface area contributed by atoms with Gasteiger partial charge in [-0.15, -0.1) is 0 Å². The van der Waals surface area contributed by atoms with Crippen molar-refractivity contribution in [2.75, 3.05) is 13.2 Å². The number of halogens is 1. The molecule has 0 atom stereocenters. The fourth-order valence-electron chi connectivity index (χ4n) is 2.94. The minimum Gasteiger partial charge on any atom is -0.488 e. The Balaban J connectivity index is 1.84. The predicted molar refractivity (Wildman–Crippen MR) is 73.8 cm³/mol. The second kappa shape index (κ2) is 4.76. The number of rotatable bonds is 2. The summed E-state index contributed by atoms with van der Waals surface area (Å²) < 4.78 is 19.2. The van der Waals surface area contributed by atoms with Gasteiger partial charge in [-0.3, -0.25) is 4.79 Å². The van der Waals surface area contributed by atoms with Crippen molar-refractivity contribution in [3.63, 3.8) is 0 Å². The molecule has 3 rings (SSSR count). The normalized spacial score (nSPS) is 19.1. The molecule has 4 heteroatoms. The lowest BCUT2D eigenvalue weighted by molar-refractivity contribution is -0.142. The predicted octanol–water partition coefficient (Wildman–Crippen LogP) is 2.98. The molecule has 1 aliphatic heterocycles. The first-order valence-electron chi connectivity index (χ1n) is 7.19. The maximum atomic E-state index is 13.7. The van der Waals surface area contributed by atoms with Crippen molar-refractivity contribution in [1.82, 2.24) is 4.90 Å². The molecular weight excluding hydrogens is 257 g/mol. The Morgan fingerprint density at radius 2 is 2.15 bits per heavy atom. The molecule has 108 valence electrons. The molecule has 1 amide bonds. The molecule has 1 aromatic rings. The van der Waals surface area contributed by atoms with Gasteiger partial charge in [0.25, 0.3) is 0 Å². The molecule has 0 N–H and O–H groups in total. The smallest absolute Gasteiger partial charge is 0.228 e.